The summed E-state index contributed by atoms with van der Waals surface area (Å²) in [5.41, 5.74) is 3.47. The summed E-state index contributed by atoms with van der Waals surface area (Å²) in [6, 6.07) is 11.0. The normalized spacial score (nSPS) is 14.0. The molecule has 0 saturated carbocycles. The molecule has 0 aliphatic carbocycles. The summed E-state index contributed by atoms with van der Waals surface area (Å²) in [4.78, 5) is 12.6. The molecule has 0 N–H and O–H groups in total. The van der Waals surface area contributed by atoms with Crippen molar-refractivity contribution in [3.8, 4) is 17.2 Å². The van der Waals surface area contributed by atoms with Gasteiger partial charge >= 0.3 is 0 Å². The van der Waals surface area contributed by atoms with E-state index in [4.69, 9.17) is 14.2 Å². The Balaban J connectivity index is 1.84. The van der Waals surface area contributed by atoms with Gasteiger partial charge in [-0.15, -0.1) is 0 Å². The number of ketones is 1. The minimum atomic E-state index is -0.116. The van der Waals surface area contributed by atoms with Crippen LogP contribution >= 0.6 is 0 Å². The van der Waals surface area contributed by atoms with Crippen molar-refractivity contribution in [2.24, 2.45) is 0 Å². The zero-order chi connectivity index (χ0) is 18.7. The molecule has 0 spiro atoms. The van der Waals surface area contributed by atoms with E-state index in [1.807, 2.05) is 57.2 Å². The van der Waals surface area contributed by atoms with Crippen LogP contribution in [0.15, 0.2) is 53.8 Å². The standard InChI is InChI=1S/C22H22O4/c1-14(2)11-12-25-19-10-9-18-21(23)20(26-22(18)15(19)3)13-16-5-7-17(24-4)8-6-16/h5-11,13H,12H2,1-4H3/b20-13-. The molecule has 0 saturated heterocycles. The third-order valence-electron chi connectivity index (χ3n) is 4.18. The lowest BCUT2D eigenvalue weighted by molar-refractivity contribution is 0.101. The molecule has 134 valence electrons. The molecule has 0 bridgehead atoms. The van der Waals surface area contributed by atoms with Crippen LogP contribution < -0.4 is 14.2 Å². The molecule has 0 aromatic heterocycles. The maximum atomic E-state index is 12.6. The number of fused-ring (bicyclic) bond motifs is 1. The maximum Gasteiger partial charge on any atom is 0.231 e. The Morgan fingerprint density at radius 2 is 1.85 bits per heavy atom. The van der Waals surface area contributed by atoms with Crippen LogP contribution in [0.2, 0.25) is 0 Å². The van der Waals surface area contributed by atoms with Crippen molar-refractivity contribution in [3.63, 3.8) is 0 Å². The minimum absolute atomic E-state index is 0.116. The van der Waals surface area contributed by atoms with E-state index in [2.05, 4.69) is 0 Å². The molecule has 1 aliphatic rings. The second-order valence-electron chi connectivity index (χ2n) is 6.37. The van der Waals surface area contributed by atoms with Crippen LogP contribution in [0.4, 0.5) is 0 Å². The Kier molecular flexibility index (Phi) is 5.12. The fourth-order valence-electron chi connectivity index (χ4n) is 2.67. The first-order chi connectivity index (χ1) is 12.5. The molecule has 0 radical (unpaired) electrons. The van der Waals surface area contributed by atoms with Crippen molar-refractivity contribution in [1.29, 1.82) is 0 Å². The highest BCUT2D eigenvalue weighted by Gasteiger charge is 2.30. The zero-order valence-corrected chi connectivity index (χ0v) is 15.5. The van der Waals surface area contributed by atoms with Crippen molar-refractivity contribution in [2.75, 3.05) is 13.7 Å². The molecule has 26 heavy (non-hydrogen) atoms. The first-order valence-electron chi connectivity index (χ1n) is 8.47. The molecule has 2 aromatic rings. The lowest BCUT2D eigenvalue weighted by Gasteiger charge is -2.10. The van der Waals surface area contributed by atoms with E-state index in [1.165, 1.54) is 5.57 Å². The fourth-order valence-corrected chi connectivity index (χ4v) is 2.67. The van der Waals surface area contributed by atoms with E-state index in [-0.39, 0.29) is 5.78 Å². The molecule has 2 aromatic carbocycles. The van der Waals surface area contributed by atoms with E-state index >= 15 is 0 Å². The molecular formula is C22H22O4. The Morgan fingerprint density at radius 1 is 1.12 bits per heavy atom. The van der Waals surface area contributed by atoms with Gasteiger partial charge in [0.2, 0.25) is 5.78 Å². The van der Waals surface area contributed by atoms with Crippen LogP contribution in [0.5, 0.6) is 17.2 Å². The molecule has 3 rings (SSSR count). The van der Waals surface area contributed by atoms with E-state index < -0.39 is 0 Å². The van der Waals surface area contributed by atoms with E-state index in [1.54, 1.807) is 19.3 Å². The third kappa shape index (κ3) is 3.64. The van der Waals surface area contributed by atoms with Gasteiger partial charge in [-0.05, 0) is 62.8 Å². The van der Waals surface area contributed by atoms with Gasteiger partial charge in [0.05, 0.1) is 12.7 Å². The van der Waals surface area contributed by atoms with Crippen LogP contribution in [0.1, 0.15) is 35.3 Å². The van der Waals surface area contributed by atoms with Crippen LogP contribution in [-0.2, 0) is 0 Å². The molecule has 4 heteroatoms. The number of hydrogen-bond donors (Lipinski definition) is 0. The summed E-state index contributed by atoms with van der Waals surface area (Å²) in [5.74, 6) is 2.26. The maximum absolute atomic E-state index is 12.6. The smallest absolute Gasteiger partial charge is 0.231 e. The third-order valence-corrected chi connectivity index (χ3v) is 4.18. The van der Waals surface area contributed by atoms with Gasteiger partial charge in [0.1, 0.15) is 23.9 Å². The van der Waals surface area contributed by atoms with E-state index in [0.717, 1.165) is 22.6 Å². The topological polar surface area (TPSA) is 44.8 Å². The molecule has 0 atom stereocenters. The second kappa shape index (κ2) is 7.48. The number of benzene rings is 2. The fraction of sp³-hybridized carbons (Fsp3) is 0.227. The lowest BCUT2D eigenvalue weighted by atomic mass is 10.1. The number of Topliss-reactive ketones (excluding diaryl/α,β-unsaturated/α-hetero) is 1. The first kappa shape index (κ1) is 17.8. The van der Waals surface area contributed by atoms with E-state index in [0.29, 0.717) is 23.7 Å². The number of rotatable bonds is 5. The van der Waals surface area contributed by atoms with Crippen molar-refractivity contribution in [1.82, 2.24) is 0 Å². The first-order valence-corrected chi connectivity index (χ1v) is 8.47. The number of ether oxygens (including phenoxy) is 3. The number of carbonyl (C=O) groups excluding carboxylic acids is 1. The van der Waals surface area contributed by atoms with E-state index in [9.17, 15) is 4.79 Å². The molecule has 0 amide bonds. The molecule has 0 fully saturated rings. The Morgan fingerprint density at radius 3 is 2.50 bits per heavy atom. The monoisotopic (exact) mass is 350 g/mol. The summed E-state index contributed by atoms with van der Waals surface area (Å²) >= 11 is 0. The quantitative estimate of drug-likeness (QED) is 0.564. The van der Waals surface area contributed by atoms with Crippen molar-refractivity contribution in [2.45, 2.75) is 20.8 Å². The number of methoxy groups -OCH3 is 1. The van der Waals surface area contributed by atoms with Gasteiger partial charge in [0.15, 0.2) is 5.76 Å². The van der Waals surface area contributed by atoms with Gasteiger partial charge in [-0.25, -0.2) is 0 Å². The van der Waals surface area contributed by atoms with Crippen molar-refractivity contribution in [3.05, 3.63) is 70.5 Å². The SMILES string of the molecule is COc1ccc(/C=C2\Oc3c(ccc(OCC=C(C)C)c3C)C2=O)cc1. The van der Waals surface area contributed by atoms with Gasteiger partial charge < -0.3 is 14.2 Å². The number of allylic oxidation sites excluding steroid dienone is 2. The second-order valence-corrected chi connectivity index (χ2v) is 6.37. The van der Waals surface area contributed by atoms with Crippen LogP contribution in [0.3, 0.4) is 0 Å². The summed E-state index contributed by atoms with van der Waals surface area (Å²) in [5, 5.41) is 0. The number of hydrogen-bond acceptors (Lipinski definition) is 4. The predicted molar refractivity (Wildman–Crippen MR) is 102 cm³/mol. The van der Waals surface area contributed by atoms with Crippen LogP contribution in [-0.4, -0.2) is 19.5 Å². The highest BCUT2D eigenvalue weighted by Crippen LogP contribution is 2.39. The predicted octanol–water partition coefficient (Wildman–Crippen LogP) is 4.96. The van der Waals surface area contributed by atoms with Gasteiger partial charge in [-0.1, -0.05) is 17.7 Å². The molecule has 1 aliphatic heterocycles. The van der Waals surface area contributed by atoms with Gasteiger partial charge in [0.25, 0.3) is 0 Å². The van der Waals surface area contributed by atoms with Gasteiger partial charge in [0, 0.05) is 5.56 Å². The molecular weight excluding hydrogens is 328 g/mol. The number of carbonyl (C=O) groups is 1. The average molecular weight is 350 g/mol. The summed E-state index contributed by atoms with van der Waals surface area (Å²) in [6.07, 6.45) is 3.75. The minimum Gasteiger partial charge on any atom is -0.497 e. The summed E-state index contributed by atoms with van der Waals surface area (Å²) in [6.45, 7) is 6.44. The Hall–Kier alpha value is -3.01. The molecule has 4 nitrogen and oxygen atoms in total. The Labute approximate surface area is 153 Å². The summed E-state index contributed by atoms with van der Waals surface area (Å²) < 4.78 is 16.8. The highest BCUT2D eigenvalue weighted by atomic mass is 16.5. The van der Waals surface area contributed by atoms with Gasteiger partial charge in [-0.2, -0.15) is 0 Å². The van der Waals surface area contributed by atoms with Crippen LogP contribution in [0.25, 0.3) is 6.08 Å². The molecule has 1 heterocycles. The largest absolute Gasteiger partial charge is 0.497 e. The Bertz CT molecular complexity index is 885. The molecule has 0 unspecified atom stereocenters. The van der Waals surface area contributed by atoms with Crippen LogP contribution in [0, 0.1) is 6.92 Å². The highest BCUT2D eigenvalue weighted by molar-refractivity contribution is 6.14. The van der Waals surface area contributed by atoms with Crippen molar-refractivity contribution < 1.29 is 19.0 Å². The average Bonchev–Trinajstić information content (AvgIpc) is 2.94. The van der Waals surface area contributed by atoms with Crippen molar-refractivity contribution >= 4 is 11.9 Å². The zero-order valence-electron chi connectivity index (χ0n) is 15.5. The van der Waals surface area contributed by atoms with Gasteiger partial charge in [-0.3, -0.25) is 4.79 Å². The summed E-state index contributed by atoms with van der Waals surface area (Å²) in [7, 11) is 1.62. The lowest BCUT2D eigenvalue weighted by Crippen LogP contribution is -1.98.